The van der Waals surface area contributed by atoms with Crippen molar-refractivity contribution in [1.29, 1.82) is 0 Å². The predicted molar refractivity (Wildman–Crippen MR) is 80.8 cm³/mol. The Morgan fingerprint density at radius 3 is 2.42 bits per heavy atom. The molecular weight excluding hydrogens is 236 g/mol. The Balaban J connectivity index is 3.08. The maximum atomic E-state index is 5.94. The van der Waals surface area contributed by atoms with Crippen molar-refractivity contribution in [3.63, 3.8) is 0 Å². The van der Waals surface area contributed by atoms with Gasteiger partial charge in [-0.25, -0.2) is 0 Å². The summed E-state index contributed by atoms with van der Waals surface area (Å²) in [6, 6.07) is 8.56. The number of rotatable bonds is 6. The molecule has 0 heterocycles. The number of nitrogens with one attached hydrogen (secondary N) is 1. The van der Waals surface area contributed by atoms with Crippen LogP contribution in [0.4, 0.5) is 0 Å². The molecule has 0 fully saturated rings. The number of ether oxygens (including phenoxy) is 1. The van der Waals surface area contributed by atoms with Gasteiger partial charge in [0.25, 0.3) is 0 Å². The lowest BCUT2D eigenvalue weighted by Gasteiger charge is -2.36. The zero-order chi connectivity index (χ0) is 14.5. The predicted octanol–water partition coefficient (Wildman–Crippen LogP) is 3.20. The number of hydrazine groups is 1. The summed E-state index contributed by atoms with van der Waals surface area (Å²) in [5, 5.41) is 0. The van der Waals surface area contributed by atoms with E-state index in [1.165, 1.54) is 11.1 Å². The first kappa shape index (κ1) is 16.2. The number of nitrogens with two attached hydrogens (primary N) is 1. The second kappa shape index (κ2) is 7.04. The summed E-state index contributed by atoms with van der Waals surface area (Å²) >= 11 is 0. The van der Waals surface area contributed by atoms with Crippen LogP contribution >= 0.6 is 0 Å². The molecule has 0 aliphatic heterocycles. The van der Waals surface area contributed by atoms with Gasteiger partial charge in [-0.05, 0) is 29.9 Å². The number of hydrogen-bond acceptors (Lipinski definition) is 3. The standard InChI is InChI=1S/C16H28N2O/c1-6-12-9-8-10-13(11-12)14(18-17)15(19-7-2)16(3,4)5/h8-11,14-15,18H,6-7,17H2,1-5H3. The smallest absolute Gasteiger partial charge is 0.0830 e. The minimum atomic E-state index is 0.00597. The molecule has 0 saturated heterocycles. The van der Waals surface area contributed by atoms with Gasteiger partial charge < -0.3 is 4.74 Å². The van der Waals surface area contributed by atoms with Crippen LogP contribution in [0, 0.1) is 5.41 Å². The van der Waals surface area contributed by atoms with Crippen molar-refractivity contribution in [2.75, 3.05) is 6.61 Å². The van der Waals surface area contributed by atoms with Gasteiger partial charge in [-0.3, -0.25) is 11.3 Å². The van der Waals surface area contributed by atoms with Crippen LogP contribution in [0.5, 0.6) is 0 Å². The van der Waals surface area contributed by atoms with E-state index in [-0.39, 0.29) is 17.6 Å². The van der Waals surface area contributed by atoms with Crippen LogP contribution in [-0.4, -0.2) is 12.7 Å². The van der Waals surface area contributed by atoms with Crippen LogP contribution in [-0.2, 0) is 11.2 Å². The zero-order valence-corrected chi connectivity index (χ0v) is 12.9. The maximum absolute atomic E-state index is 5.94. The Morgan fingerprint density at radius 1 is 1.26 bits per heavy atom. The summed E-state index contributed by atoms with van der Waals surface area (Å²) < 4.78 is 5.94. The molecule has 0 spiro atoms. The van der Waals surface area contributed by atoms with Crippen LogP contribution in [0.15, 0.2) is 24.3 Å². The van der Waals surface area contributed by atoms with E-state index in [9.17, 15) is 0 Å². The maximum Gasteiger partial charge on any atom is 0.0830 e. The molecule has 0 amide bonds. The van der Waals surface area contributed by atoms with E-state index < -0.39 is 0 Å². The molecule has 0 aliphatic carbocycles. The minimum absolute atomic E-state index is 0.00597. The summed E-state index contributed by atoms with van der Waals surface area (Å²) in [5.74, 6) is 5.79. The lowest BCUT2D eigenvalue weighted by molar-refractivity contribution is -0.0366. The topological polar surface area (TPSA) is 47.3 Å². The SMILES string of the molecule is CCOC(C(NN)c1cccc(CC)c1)C(C)(C)C. The highest BCUT2D eigenvalue weighted by Gasteiger charge is 2.33. The highest BCUT2D eigenvalue weighted by molar-refractivity contribution is 5.27. The third kappa shape index (κ3) is 4.30. The Hall–Kier alpha value is -0.900. The quantitative estimate of drug-likeness (QED) is 0.612. The molecule has 1 aromatic carbocycles. The van der Waals surface area contributed by atoms with Gasteiger partial charge in [0.15, 0.2) is 0 Å². The Bertz CT molecular complexity index is 385. The molecule has 2 unspecified atom stereocenters. The second-order valence-electron chi connectivity index (χ2n) is 5.98. The van der Waals surface area contributed by atoms with Crippen molar-refractivity contribution in [2.24, 2.45) is 11.3 Å². The molecule has 1 aromatic rings. The normalized spacial score (nSPS) is 15.3. The second-order valence-corrected chi connectivity index (χ2v) is 5.98. The van der Waals surface area contributed by atoms with Gasteiger partial charge in [0.05, 0.1) is 12.1 Å². The fourth-order valence-electron chi connectivity index (χ4n) is 2.39. The van der Waals surface area contributed by atoms with E-state index in [2.05, 4.69) is 57.4 Å². The van der Waals surface area contributed by atoms with Crippen LogP contribution in [0.2, 0.25) is 0 Å². The number of aryl methyl sites for hydroxylation is 1. The molecule has 3 nitrogen and oxygen atoms in total. The van der Waals surface area contributed by atoms with Crippen molar-refractivity contribution in [3.8, 4) is 0 Å². The molecule has 0 radical (unpaired) electrons. The highest BCUT2D eigenvalue weighted by Crippen LogP contribution is 2.32. The van der Waals surface area contributed by atoms with Crippen LogP contribution < -0.4 is 11.3 Å². The summed E-state index contributed by atoms with van der Waals surface area (Å²) in [5.41, 5.74) is 5.47. The van der Waals surface area contributed by atoms with E-state index in [0.717, 1.165) is 6.42 Å². The van der Waals surface area contributed by atoms with Gasteiger partial charge in [0.2, 0.25) is 0 Å². The third-order valence-corrected chi connectivity index (χ3v) is 3.40. The first-order valence-corrected chi connectivity index (χ1v) is 7.10. The molecule has 0 saturated carbocycles. The van der Waals surface area contributed by atoms with E-state index in [4.69, 9.17) is 10.6 Å². The molecule has 0 aromatic heterocycles. The summed E-state index contributed by atoms with van der Waals surface area (Å²) in [6.45, 7) is 11.4. The van der Waals surface area contributed by atoms with Gasteiger partial charge in [-0.2, -0.15) is 0 Å². The van der Waals surface area contributed by atoms with Gasteiger partial charge in [0.1, 0.15) is 0 Å². The number of benzene rings is 1. The molecule has 3 N–H and O–H groups in total. The number of hydrogen-bond donors (Lipinski definition) is 2. The molecule has 1 rings (SSSR count). The van der Waals surface area contributed by atoms with Crippen molar-refractivity contribution in [3.05, 3.63) is 35.4 Å². The average Bonchev–Trinajstić information content (AvgIpc) is 2.38. The highest BCUT2D eigenvalue weighted by atomic mass is 16.5. The summed E-state index contributed by atoms with van der Waals surface area (Å²) in [4.78, 5) is 0. The van der Waals surface area contributed by atoms with E-state index in [1.807, 2.05) is 6.92 Å². The van der Waals surface area contributed by atoms with Gasteiger partial charge in [0, 0.05) is 6.61 Å². The minimum Gasteiger partial charge on any atom is -0.376 e. The Kier molecular flexibility index (Phi) is 5.98. The van der Waals surface area contributed by atoms with Crippen LogP contribution in [0.1, 0.15) is 51.8 Å². The lowest BCUT2D eigenvalue weighted by Crippen LogP contribution is -2.44. The van der Waals surface area contributed by atoms with Crippen LogP contribution in [0.25, 0.3) is 0 Å². The van der Waals surface area contributed by atoms with Crippen molar-refractivity contribution in [2.45, 2.75) is 53.2 Å². The zero-order valence-electron chi connectivity index (χ0n) is 12.9. The van der Waals surface area contributed by atoms with Crippen molar-refractivity contribution >= 4 is 0 Å². The largest absolute Gasteiger partial charge is 0.376 e. The van der Waals surface area contributed by atoms with Gasteiger partial charge >= 0.3 is 0 Å². The van der Waals surface area contributed by atoms with E-state index in [1.54, 1.807) is 0 Å². The first-order chi connectivity index (χ1) is 8.93. The molecule has 108 valence electrons. The van der Waals surface area contributed by atoms with Gasteiger partial charge in [-0.15, -0.1) is 0 Å². The fourth-order valence-corrected chi connectivity index (χ4v) is 2.39. The van der Waals surface area contributed by atoms with Gasteiger partial charge in [-0.1, -0.05) is 52.0 Å². The fraction of sp³-hybridized carbons (Fsp3) is 0.625. The summed E-state index contributed by atoms with van der Waals surface area (Å²) in [6.07, 6.45) is 1.06. The molecule has 3 heteroatoms. The van der Waals surface area contributed by atoms with Crippen molar-refractivity contribution in [1.82, 2.24) is 5.43 Å². The van der Waals surface area contributed by atoms with E-state index >= 15 is 0 Å². The lowest BCUT2D eigenvalue weighted by atomic mass is 9.82. The molecule has 0 bridgehead atoms. The van der Waals surface area contributed by atoms with Crippen molar-refractivity contribution < 1.29 is 4.74 Å². The Labute approximate surface area is 117 Å². The van der Waals surface area contributed by atoms with Crippen LogP contribution in [0.3, 0.4) is 0 Å². The Morgan fingerprint density at radius 2 is 1.95 bits per heavy atom. The molecule has 2 atom stereocenters. The third-order valence-electron chi connectivity index (χ3n) is 3.40. The summed E-state index contributed by atoms with van der Waals surface area (Å²) in [7, 11) is 0. The molecule has 0 aliphatic rings. The molecule has 19 heavy (non-hydrogen) atoms. The molecular formula is C16H28N2O. The monoisotopic (exact) mass is 264 g/mol. The average molecular weight is 264 g/mol. The first-order valence-electron chi connectivity index (χ1n) is 7.10. The van der Waals surface area contributed by atoms with E-state index in [0.29, 0.717) is 6.61 Å².